The van der Waals surface area contributed by atoms with Gasteiger partial charge >= 0.3 is 5.97 Å². The van der Waals surface area contributed by atoms with Crippen LogP contribution in [0.15, 0.2) is 72.9 Å². The molecule has 1 fully saturated rings. The summed E-state index contributed by atoms with van der Waals surface area (Å²) < 4.78 is 17.8. The van der Waals surface area contributed by atoms with E-state index < -0.39 is 67.4 Å². The number of allylic oxidation sites excluding steroid dienone is 11. The molecule has 1 heterocycles. The van der Waals surface area contributed by atoms with Gasteiger partial charge in [0.25, 0.3) is 0 Å². The lowest BCUT2D eigenvalue weighted by atomic mass is 9.99. The molecule has 0 saturated carbocycles. The fraction of sp³-hybridized carbons (Fsp3) is 0.831. The van der Waals surface area contributed by atoms with Crippen molar-refractivity contribution in [3.05, 3.63) is 72.9 Å². The lowest BCUT2D eigenvalue weighted by molar-refractivity contribution is -0.305. The third-order valence-corrected chi connectivity index (χ3v) is 18.8. The third kappa shape index (κ3) is 56.0. The Balaban J connectivity index is 2.48. The van der Waals surface area contributed by atoms with Crippen LogP contribution in [0, 0.1) is 0 Å². The molecule has 1 amide bonds. The number of hydrogen-bond acceptors (Lipinski definition) is 10. The van der Waals surface area contributed by atoms with Crippen molar-refractivity contribution in [3.8, 4) is 0 Å². The van der Waals surface area contributed by atoms with Crippen LogP contribution in [0.3, 0.4) is 0 Å². The molecule has 0 aromatic carbocycles. The van der Waals surface area contributed by atoms with Gasteiger partial charge in [-0.05, 0) is 96.3 Å². The second-order valence-electron chi connectivity index (χ2n) is 27.8. The molecule has 0 aromatic rings. The highest BCUT2D eigenvalue weighted by molar-refractivity contribution is 5.80. The van der Waals surface area contributed by atoms with Gasteiger partial charge in [0.05, 0.1) is 25.4 Å². The molecule has 8 atom stereocenters. The van der Waals surface area contributed by atoms with Crippen LogP contribution in [-0.4, -0.2) is 99.6 Å². The minimum absolute atomic E-state index is 0.125. The first-order chi connectivity index (χ1) is 46.2. The molecule has 0 aliphatic carbocycles. The maximum atomic E-state index is 13.5. The number of amides is 1. The number of aliphatic hydroxyl groups is 5. The van der Waals surface area contributed by atoms with Crippen molar-refractivity contribution >= 4 is 11.9 Å². The molecule has 1 rings (SSSR count). The molecule has 8 unspecified atom stereocenters. The van der Waals surface area contributed by atoms with E-state index in [4.69, 9.17) is 14.2 Å². The predicted molar refractivity (Wildman–Crippen MR) is 398 cm³/mol. The van der Waals surface area contributed by atoms with E-state index in [0.717, 1.165) is 77.0 Å². The summed E-state index contributed by atoms with van der Waals surface area (Å²) in [6, 6.07) is -1.03. The van der Waals surface area contributed by atoms with Gasteiger partial charge in [-0.15, -0.1) is 0 Å². The first-order valence-electron chi connectivity index (χ1n) is 40.2. The predicted octanol–water partition coefficient (Wildman–Crippen LogP) is 21.8. The Hall–Kier alpha value is -2.90. The summed E-state index contributed by atoms with van der Waals surface area (Å²) in [6.45, 7) is 5.80. The van der Waals surface area contributed by atoms with Gasteiger partial charge < -0.3 is 45.1 Å². The Morgan fingerprint density at radius 2 is 0.734 bits per heavy atom. The van der Waals surface area contributed by atoms with Gasteiger partial charge in [-0.3, -0.25) is 9.59 Å². The number of ether oxygens (including phenoxy) is 3. The summed E-state index contributed by atoms with van der Waals surface area (Å²) >= 11 is 0. The molecular weight excluding hydrogens is 1170 g/mol. The molecule has 1 saturated heterocycles. The summed E-state index contributed by atoms with van der Waals surface area (Å²) in [5.74, 6) is -1.18. The smallest absolute Gasteiger partial charge is 0.306 e. The van der Waals surface area contributed by atoms with Crippen LogP contribution in [0.4, 0.5) is 0 Å². The Labute approximate surface area is 579 Å². The molecule has 548 valence electrons. The second kappa shape index (κ2) is 70.0. The molecule has 94 heavy (non-hydrogen) atoms. The highest BCUT2D eigenvalue weighted by atomic mass is 16.7. The van der Waals surface area contributed by atoms with Gasteiger partial charge in [0.1, 0.15) is 24.4 Å². The van der Waals surface area contributed by atoms with Gasteiger partial charge in [0.15, 0.2) is 12.4 Å². The zero-order chi connectivity index (χ0) is 68.1. The number of carbonyl (C=O) groups is 2. The van der Waals surface area contributed by atoms with E-state index in [1.807, 2.05) is 6.08 Å². The number of nitrogens with one attached hydrogen (secondary N) is 1. The van der Waals surface area contributed by atoms with Crippen LogP contribution >= 0.6 is 0 Å². The maximum Gasteiger partial charge on any atom is 0.306 e. The highest BCUT2D eigenvalue weighted by Crippen LogP contribution is 2.27. The number of rotatable bonds is 70. The van der Waals surface area contributed by atoms with Crippen molar-refractivity contribution in [2.45, 2.75) is 429 Å². The van der Waals surface area contributed by atoms with E-state index in [1.165, 1.54) is 257 Å². The SMILES string of the molecule is CCCCC/C=C\C/C=C\C/C=C\CCCCCCCCCCCCCCCC(O)C(=O)NC(COC1OC(CO)C(O)C(O)C1OC(=O)CCCCCCCCCCCCCCCCCCC/C=C\C/C=C\CCCCC)C(O)/C=C/CCCCCCCCCCCC. The van der Waals surface area contributed by atoms with Crippen molar-refractivity contribution in [1.82, 2.24) is 5.32 Å². The minimum atomic E-state index is -1.62. The van der Waals surface area contributed by atoms with Gasteiger partial charge in [0, 0.05) is 6.42 Å². The summed E-state index contributed by atoms with van der Waals surface area (Å²) in [7, 11) is 0. The number of aliphatic hydroxyl groups excluding tert-OH is 5. The lowest BCUT2D eigenvalue weighted by Crippen LogP contribution is -2.61. The molecular formula is C83H151NO10. The number of hydrogen-bond donors (Lipinski definition) is 6. The average molecular weight is 1320 g/mol. The summed E-state index contributed by atoms with van der Waals surface area (Å²) in [5.41, 5.74) is 0. The third-order valence-electron chi connectivity index (χ3n) is 18.8. The zero-order valence-electron chi connectivity index (χ0n) is 61.3. The molecule has 0 radical (unpaired) electrons. The Morgan fingerprint density at radius 1 is 0.415 bits per heavy atom. The Bertz CT molecular complexity index is 1810. The maximum absolute atomic E-state index is 13.5. The van der Waals surface area contributed by atoms with Crippen LogP contribution in [0.25, 0.3) is 0 Å². The lowest BCUT2D eigenvalue weighted by Gasteiger charge is -2.41. The molecule has 0 spiro atoms. The van der Waals surface area contributed by atoms with E-state index in [2.05, 4.69) is 86.8 Å². The molecule has 0 aromatic heterocycles. The summed E-state index contributed by atoms with van der Waals surface area (Å²) in [5, 5.41) is 57.5. The van der Waals surface area contributed by atoms with Crippen LogP contribution in [0.2, 0.25) is 0 Å². The minimum Gasteiger partial charge on any atom is -0.454 e. The Morgan fingerprint density at radius 3 is 1.12 bits per heavy atom. The van der Waals surface area contributed by atoms with Crippen LogP contribution < -0.4 is 5.32 Å². The monoisotopic (exact) mass is 1320 g/mol. The number of esters is 1. The van der Waals surface area contributed by atoms with Crippen LogP contribution in [-0.2, 0) is 23.8 Å². The van der Waals surface area contributed by atoms with E-state index >= 15 is 0 Å². The van der Waals surface area contributed by atoms with Gasteiger partial charge in [0.2, 0.25) is 5.91 Å². The molecule has 1 aliphatic heterocycles. The fourth-order valence-corrected chi connectivity index (χ4v) is 12.5. The number of unbranched alkanes of at least 4 members (excludes halogenated alkanes) is 46. The molecule has 0 bridgehead atoms. The average Bonchev–Trinajstić information content (AvgIpc) is 0.828. The van der Waals surface area contributed by atoms with E-state index in [-0.39, 0.29) is 13.0 Å². The van der Waals surface area contributed by atoms with E-state index in [1.54, 1.807) is 6.08 Å². The first-order valence-corrected chi connectivity index (χ1v) is 40.2. The summed E-state index contributed by atoms with van der Waals surface area (Å²) in [4.78, 5) is 26.8. The van der Waals surface area contributed by atoms with Crippen LogP contribution in [0.5, 0.6) is 0 Å². The highest BCUT2D eigenvalue weighted by Gasteiger charge is 2.47. The van der Waals surface area contributed by atoms with Crippen molar-refractivity contribution in [1.29, 1.82) is 0 Å². The van der Waals surface area contributed by atoms with Gasteiger partial charge in [-0.2, -0.15) is 0 Å². The van der Waals surface area contributed by atoms with Crippen LogP contribution in [0.1, 0.15) is 380 Å². The van der Waals surface area contributed by atoms with Crippen molar-refractivity contribution in [3.63, 3.8) is 0 Å². The first kappa shape index (κ1) is 89.1. The Kier molecular flexibility index (Phi) is 66.3. The van der Waals surface area contributed by atoms with E-state index in [9.17, 15) is 35.1 Å². The molecule has 11 heteroatoms. The van der Waals surface area contributed by atoms with Gasteiger partial charge in [-0.25, -0.2) is 0 Å². The zero-order valence-corrected chi connectivity index (χ0v) is 61.3. The van der Waals surface area contributed by atoms with Gasteiger partial charge in [-0.1, -0.05) is 351 Å². The molecule has 1 aliphatic rings. The normalized spacial score (nSPS) is 18.1. The molecule has 11 nitrogen and oxygen atoms in total. The standard InChI is InChI=1S/C83H151NO10/c1-4-7-10-13-16-19-22-25-27-29-31-33-35-37-39-41-43-45-47-49-51-53-56-59-62-65-68-71-78(88)94-81-80(90)79(89)77(72-85)93-83(81)92-73-74(75(86)69-66-63-60-57-54-24-21-18-15-12-9-6-3)84-82(91)76(87)70-67-64-61-58-55-52-50-48-46-44-42-40-38-36-34-32-30-28-26-23-20-17-14-11-8-5-2/h16-17,19-20,25-28,32,34,66,69,74-77,79-81,83,85-87,89-90H,4-15,18,21-24,29-31,33,35-65,67-68,70-73H2,1-3H3,(H,84,91)/b19-16-,20-17-,27-25-,28-26-,34-32-,69-66+. The number of carbonyl (C=O) groups excluding carboxylic acids is 2. The topological polar surface area (TPSA) is 175 Å². The fourth-order valence-electron chi connectivity index (χ4n) is 12.5. The van der Waals surface area contributed by atoms with E-state index in [0.29, 0.717) is 19.3 Å². The quantitative estimate of drug-likeness (QED) is 0.0195. The molecule has 6 N–H and O–H groups in total. The van der Waals surface area contributed by atoms with Crippen molar-refractivity contribution in [2.24, 2.45) is 0 Å². The second-order valence-corrected chi connectivity index (χ2v) is 27.8. The summed E-state index contributed by atoms with van der Waals surface area (Å²) in [6.07, 6.45) is 82.4. The van der Waals surface area contributed by atoms with Crippen molar-refractivity contribution in [2.75, 3.05) is 13.2 Å². The largest absolute Gasteiger partial charge is 0.454 e. The van der Waals surface area contributed by atoms with Crippen molar-refractivity contribution < 1.29 is 49.3 Å².